The van der Waals surface area contributed by atoms with Gasteiger partial charge in [0.2, 0.25) is 0 Å². The lowest BCUT2D eigenvalue weighted by Gasteiger charge is -2.31. The van der Waals surface area contributed by atoms with E-state index in [4.69, 9.17) is 4.42 Å². The molecule has 3 heterocycles. The third-order valence-corrected chi connectivity index (χ3v) is 6.76. The zero-order chi connectivity index (χ0) is 20.4. The Bertz CT molecular complexity index is 1120. The maximum Gasteiger partial charge on any atom is 0.196 e. The Morgan fingerprint density at radius 3 is 1.83 bits per heavy atom. The number of rotatable bonds is 2. The van der Waals surface area contributed by atoms with Crippen LogP contribution in [0.5, 0.6) is 0 Å². The van der Waals surface area contributed by atoms with Crippen molar-refractivity contribution in [3.63, 3.8) is 0 Å². The summed E-state index contributed by atoms with van der Waals surface area (Å²) < 4.78 is 6.22. The van der Waals surface area contributed by atoms with E-state index in [1.165, 1.54) is 0 Å². The molecule has 1 aromatic heterocycles. The van der Waals surface area contributed by atoms with E-state index in [2.05, 4.69) is 9.80 Å². The molecular formula is C25H24N2O3. The number of hydrogen-bond donors (Lipinski definition) is 0. The standard InChI is InChI=1S/C25H24N2O3/c1-15-14-18-21(26-10-4-5-11-26)19-20(22(25(18)30-15)27-12-6-7-13-27)24(29)17-9-3-2-8-16(17)23(19)28/h2-3,8-9,14H,4-7,10-13H2,1H3. The molecule has 0 saturated carbocycles. The van der Waals surface area contributed by atoms with Gasteiger partial charge in [0.1, 0.15) is 5.76 Å². The number of carbonyl (C=O) groups is 2. The maximum atomic E-state index is 13.8. The number of carbonyl (C=O) groups excluding carboxylic acids is 2. The van der Waals surface area contributed by atoms with Crippen molar-refractivity contribution in [1.82, 2.24) is 0 Å². The normalized spacial score (nSPS) is 18.4. The van der Waals surface area contributed by atoms with Gasteiger partial charge in [0.15, 0.2) is 17.1 Å². The van der Waals surface area contributed by atoms with Crippen LogP contribution in [0.1, 0.15) is 63.3 Å². The van der Waals surface area contributed by atoms with Gasteiger partial charge in [0.25, 0.3) is 0 Å². The quantitative estimate of drug-likeness (QED) is 0.487. The van der Waals surface area contributed by atoms with Gasteiger partial charge in [-0.2, -0.15) is 0 Å². The predicted octanol–water partition coefficient (Wildman–Crippen LogP) is 4.72. The predicted molar refractivity (Wildman–Crippen MR) is 117 cm³/mol. The Kier molecular flexibility index (Phi) is 3.82. The molecule has 0 radical (unpaired) electrons. The highest BCUT2D eigenvalue weighted by Crippen LogP contribution is 2.48. The molecule has 5 heteroatoms. The fourth-order valence-corrected chi connectivity index (χ4v) is 5.45. The zero-order valence-electron chi connectivity index (χ0n) is 17.2. The van der Waals surface area contributed by atoms with Crippen LogP contribution >= 0.6 is 0 Å². The molecular weight excluding hydrogens is 376 g/mol. The van der Waals surface area contributed by atoms with Crippen molar-refractivity contribution >= 4 is 33.9 Å². The second-order valence-corrected chi connectivity index (χ2v) is 8.64. The SMILES string of the molecule is Cc1cc2c(N3CCCC3)c3c(c(N4CCCC4)c2o1)C(=O)c1ccccc1C3=O. The molecule has 3 aromatic rings. The Labute approximate surface area is 175 Å². The smallest absolute Gasteiger partial charge is 0.196 e. The summed E-state index contributed by atoms with van der Waals surface area (Å²) in [4.78, 5) is 32.2. The van der Waals surface area contributed by atoms with Crippen LogP contribution in [-0.2, 0) is 0 Å². The van der Waals surface area contributed by atoms with Crippen LogP contribution in [0.4, 0.5) is 11.4 Å². The van der Waals surface area contributed by atoms with Crippen LogP contribution in [0.25, 0.3) is 11.0 Å². The first-order valence-corrected chi connectivity index (χ1v) is 10.9. The number of hydrogen-bond acceptors (Lipinski definition) is 5. The molecule has 30 heavy (non-hydrogen) atoms. The van der Waals surface area contributed by atoms with Crippen LogP contribution < -0.4 is 9.80 Å². The summed E-state index contributed by atoms with van der Waals surface area (Å²) in [5.74, 6) is 0.715. The summed E-state index contributed by atoms with van der Waals surface area (Å²) in [6, 6.07) is 9.28. The number of benzene rings is 2. The topological polar surface area (TPSA) is 53.8 Å². The van der Waals surface area contributed by atoms with Gasteiger partial charge < -0.3 is 14.2 Å². The number of aryl methyl sites for hydroxylation is 1. The molecule has 2 aromatic carbocycles. The molecule has 2 fully saturated rings. The molecule has 0 spiro atoms. The van der Waals surface area contributed by atoms with Crippen molar-refractivity contribution in [1.29, 1.82) is 0 Å². The van der Waals surface area contributed by atoms with Gasteiger partial charge in [-0.25, -0.2) is 0 Å². The van der Waals surface area contributed by atoms with E-state index in [0.29, 0.717) is 22.3 Å². The highest BCUT2D eigenvalue weighted by molar-refractivity contribution is 6.35. The second-order valence-electron chi connectivity index (χ2n) is 8.64. The van der Waals surface area contributed by atoms with Crippen LogP contribution in [-0.4, -0.2) is 37.7 Å². The first-order valence-electron chi connectivity index (χ1n) is 10.9. The summed E-state index contributed by atoms with van der Waals surface area (Å²) >= 11 is 0. The lowest BCUT2D eigenvalue weighted by molar-refractivity contribution is 0.0980. The van der Waals surface area contributed by atoms with Gasteiger partial charge in [-0.05, 0) is 38.7 Å². The fraction of sp³-hybridized carbons (Fsp3) is 0.360. The largest absolute Gasteiger partial charge is 0.459 e. The lowest BCUT2D eigenvalue weighted by Crippen LogP contribution is -2.30. The van der Waals surface area contributed by atoms with Crippen molar-refractivity contribution in [3.8, 4) is 0 Å². The third kappa shape index (κ3) is 2.35. The van der Waals surface area contributed by atoms with Crippen molar-refractivity contribution in [2.45, 2.75) is 32.6 Å². The third-order valence-electron chi connectivity index (χ3n) is 6.76. The number of ketones is 2. The number of fused-ring (bicyclic) bond motifs is 3. The summed E-state index contributed by atoms with van der Waals surface area (Å²) in [6.45, 7) is 5.51. The van der Waals surface area contributed by atoms with Crippen molar-refractivity contribution in [2.75, 3.05) is 36.0 Å². The molecule has 0 bridgehead atoms. The number of furan rings is 1. The molecule has 6 rings (SSSR count). The van der Waals surface area contributed by atoms with Gasteiger partial charge in [-0.1, -0.05) is 24.3 Å². The van der Waals surface area contributed by atoms with E-state index >= 15 is 0 Å². The number of nitrogens with zero attached hydrogens (tertiary/aromatic N) is 2. The van der Waals surface area contributed by atoms with Crippen LogP contribution in [0.15, 0.2) is 34.7 Å². The molecule has 2 aliphatic heterocycles. The molecule has 0 amide bonds. The van der Waals surface area contributed by atoms with Crippen molar-refractivity contribution in [3.05, 3.63) is 58.3 Å². The van der Waals surface area contributed by atoms with E-state index in [1.807, 2.05) is 25.1 Å². The zero-order valence-corrected chi connectivity index (χ0v) is 17.2. The molecule has 152 valence electrons. The van der Waals surface area contributed by atoms with E-state index in [0.717, 1.165) is 80.0 Å². The maximum absolute atomic E-state index is 13.8. The molecule has 0 atom stereocenters. The van der Waals surface area contributed by atoms with E-state index < -0.39 is 0 Å². The van der Waals surface area contributed by atoms with E-state index in [-0.39, 0.29) is 11.6 Å². The van der Waals surface area contributed by atoms with Crippen LogP contribution in [0.3, 0.4) is 0 Å². The molecule has 0 unspecified atom stereocenters. The number of anilines is 2. The Morgan fingerprint density at radius 1 is 0.767 bits per heavy atom. The minimum absolute atomic E-state index is 0.0386. The van der Waals surface area contributed by atoms with Gasteiger partial charge in [0.05, 0.1) is 22.5 Å². The summed E-state index contributed by atoms with van der Waals surface area (Å²) in [5, 5.41) is 0.968. The minimum atomic E-state index is -0.0569. The van der Waals surface area contributed by atoms with Crippen molar-refractivity contribution < 1.29 is 14.0 Å². The van der Waals surface area contributed by atoms with E-state index in [9.17, 15) is 9.59 Å². The lowest BCUT2D eigenvalue weighted by atomic mass is 9.81. The van der Waals surface area contributed by atoms with E-state index in [1.54, 1.807) is 12.1 Å². The van der Waals surface area contributed by atoms with Gasteiger partial charge in [0, 0.05) is 42.7 Å². The average molecular weight is 400 g/mol. The first-order chi connectivity index (χ1) is 14.6. The minimum Gasteiger partial charge on any atom is -0.459 e. The molecule has 2 saturated heterocycles. The average Bonchev–Trinajstić information content (AvgIpc) is 3.51. The van der Waals surface area contributed by atoms with Crippen LogP contribution in [0.2, 0.25) is 0 Å². The Balaban J connectivity index is 1.76. The van der Waals surface area contributed by atoms with Crippen molar-refractivity contribution in [2.24, 2.45) is 0 Å². The molecule has 5 nitrogen and oxygen atoms in total. The van der Waals surface area contributed by atoms with Gasteiger partial charge in [-0.3, -0.25) is 9.59 Å². The Hall–Kier alpha value is -3.08. The summed E-state index contributed by atoms with van der Waals surface area (Å²) in [5.41, 5.74) is 4.62. The van der Waals surface area contributed by atoms with Crippen LogP contribution in [0, 0.1) is 6.92 Å². The van der Waals surface area contributed by atoms with Gasteiger partial charge >= 0.3 is 0 Å². The molecule has 1 aliphatic carbocycles. The molecule has 0 N–H and O–H groups in total. The highest BCUT2D eigenvalue weighted by atomic mass is 16.3. The summed E-state index contributed by atoms with van der Waals surface area (Å²) in [6.07, 6.45) is 4.37. The first kappa shape index (κ1) is 17.8. The Morgan fingerprint density at radius 2 is 1.27 bits per heavy atom. The fourth-order valence-electron chi connectivity index (χ4n) is 5.45. The van der Waals surface area contributed by atoms with Gasteiger partial charge in [-0.15, -0.1) is 0 Å². The molecule has 3 aliphatic rings. The monoisotopic (exact) mass is 400 g/mol. The highest BCUT2D eigenvalue weighted by Gasteiger charge is 2.40. The summed E-state index contributed by atoms with van der Waals surface area (Å²) in [7, 11) is 0. The second kappa shape index (κ2) is 6.46.